The number of hydrogen-bond donors (Lipinski definition) is 2. The summed E-state index contributed by atoms with van der Waals surface area (Å²) in [5.74, 6) is -0.651. The lowest BCUT2D eigenvalue weighted by atomic mass is 10.0. The molecule has 0 saturated heterocycles. The summed E-state index contributed by atoms with van der Waals surface area (Å²) in [7, 11) is 0. The number of benzene rings is 2. The van der Waals surface area contributed by atoms with Crippen molar-refractivity contribution in [1.82, 2.24) is 15.1 Å². The first kappa shape index (κ1) is 21.6. The normalized spacial score (nSPS) is 12.4. The van der Waals surface area contributed by atoms with E-state index in [1.165, 1.54) is 25.1 Å². The minimum atomic E-state index is -4.56. The molecule has 0 radical (unpaired) electrons. The second-order valence-electron chi connectivity index (χ2n) is 6.53. The monoisotopic (exact) mass is 480 g/mol. The number of anilines is 1. The standard InChI is InChI=1S/C20H16BrF3N4O2/c1-11(12-7-13(20(22,23)24)9-15(25)8-12)26-19(30)17-5-6-18(29)28(27-17)16-4-2-3-14(21)10-16/h2-11H,25H2,1H3,(H,26,30)/t11-/m1/s1. The highest BCUT2D eigenvalue weighted by molar-refractivity contribution is 9.10. The number of carbonyl (C=O) groups is 1. The SMILES string of the molecule is C[C@@H](NC(=O)c1ccc(=O)n(-c2cccc(Br)c2)n1)c1cc(N)cc(C(F)(F)F)c1. The molecule has 1 heterocycles. The zero-order chi connectivity index (χ0) is 22.1. The van der Waals surface area contributed by atoms with Crippen LogP contribution in [0, 0.1) is 0 Å². The zero-order valence-corrected chi connectivity index (χ0v) is 17.2. The Kier molecular flexibility index (Phi) is 5.97. The molecule has 1 atom stereocenters. The smallest absolute Gasteiger partial charge is 0.399 e. The minimum absolute atomic E-state index is 0.0674. The predicted molar refractivity (Wildman–Crippen MR) is 109 cm³/mol. The summed E-state index contributed by atoms with van der Waals surface area (Å²) in [5.41, 5.74) is 4.74. The van der Waals surface area contributed by atoms with Gasteiger partial charge in [0.05, 0.1) is 17.3 Å². The van der Waals surface area contributed by atoms with Gasteiger partial charge in [0.25, 0.3) is 11.5 Å². The van der Waals surface area contributed by atoms with Crippen molar-refractivity contribution in [3.63, 3.8) is 0 Å². The van der Waals surface area contributed by atoms with Crippen LogP contribution in [0.3, 0.4) is 0 Å². The summed E-state index contributed by atoms with van der Waals surface area (Å²) in [4.78, 5) is 24.8. The molecule has 0 aliphatic carbocycles. The van der Waals surface area contributed by atoms with Gasteiger partial charge >= 0.3 is 6.18 Å². The van der Waals surface area contributed by atoms with Crippen LogP contribution < -0.4 is 16.6 Å². The van der Waals surface area contributed by atoms with Crippen LogP contribution in [0.25, 0.3) is 5.69 Å². The largest absolute Gasteiger partial charge is 0.416 e. The van der Waals surface area contributed by atoms with Crippen molar-refractivity contribution < 1.29 is 18.0 Å². The lowest BCUT2D eigenvalue weighted by Crippen LogP contribution is -2.30. The lowest BCUT2D eigenvalue weighted by molar-refractivity contribution is -0.137. The molecule has 1 aromatic heterocycles. The average molecular weight is 481 g/mol. The van der Waals surface area contributed by atoms with E-state index < -0.39 is 29.2 Å². The number of aromatic nitrogens is 2. The van der Waals surface area contributed by atoms with E-state index in [4.69, 9.17) is 5.73 Å². The van der Waals surface area contributed by atoms with Crippen LogP contribution in [0.15, 0.2) is 63.9 Å². The van der Waals surface area contributed by atoms with Crippen LogP contribution in [-0.2, 0) is 6.18 Å². The summed E-state index contributed by atoms with van der Waals surface area (Å²) in [5, 5.41) is 6.65. The van der Waals surface area contributed by atoms with Gasteiger partial charge in [0, 0.05) is 16.2 Å². The Hall–Kier alpha value is -3.14. The Morgan fingerprint density at radius 1 is 1.17 bits per heavy atom. The fourth-order valence-corrected chi connectivity index (χ4v) is 3.16. The minimum Gasteiger partial charge on any atom is -0.399 e. The molecule has 0 unspecified atom stereocenters. The molecule has 156 valence electrons. The molecule has 0 saturated carbocycles. The summed E-state index contributed by atoms with van der Waals surface area (Å²) >= 11 is 3.30. The van der Waals surface area contributed by atoms with Crippen molar-refractivity contribution in [2.75, 3.05) is 5.73 Å². The van der Waals surface area contributed by atoms with Gasteiger partial charge in [0.1, 0.15) is 5.69 Å². The van der Waals surface area contributed by atoms with Crippen LogP contribution in [0.2, 0.25) is 0 Å². The Bertz CT molecular complexity index is 1160. The molecule has 0 spiro atoms. The van der Waals surface area contributed by atoms with Gasteiger partial charge in [-0.2, -0.15) is 23.0 Å². The molecule has 0 fully saturated rings. The van der Waals surface area contributed by atoms with Crippen molar-refractivity contribution in [3.8, 4) is 5.69 Å². The van der Waals surface area contributed by atoms with Gasteiger partial charge in [-0.05, 0) is 55.0 Å². The number of carbonyl (C=O) groups excluding carboxylic acids is 1. The molecule has 0 aliphatic heterocycles. The topological polar surface area (TPSA) is 90.0 Å². The van der Waals surface area contributed by atoms with Crippen LogP contribution in [-0.4, -0.2) is 15.7 Å². The third kappa shape index (κ3) is 4.88. The number of rotatable bonds is 4. The molecule has 2 aromatic carbocycles. The number of nitrogens with one attached hydrogen (secondary N) is 1. The highest BCUT2D eigenvalue weighted by Gasteiger charge is 2.31. The van der Waals surface area contributed by atoms with E-state index in [1.54, 1.807) is 24.3 Å². The first-order valence-electron chi connectivity index (χ1n) is 8.69. The predicted octanol–water partition coefficient (Wildman–Crippen LogP) is 4.09. The number of nitrogens with two attached hydrogens (primary N) is 1. The van der Waals surface area contributed by atoms with E-state index in [0.717, 1.165) is 21.3 Å². The van der Waals surface area contributed by atoms with Gasteiger partial charge in [0.15, 0.2) is 0 Å². The number of nitrogens with zero attached hydrogens (tertiary/aromatic N) is 2. The Labute approximate surface area is 177 Å². The maximum absolute atomic E-state index is 13.0. The number of halogens is 4. The Morgan fingerprint density at radius 3 is 2.57 bits per heavy atom. The average Bonchev–Trinajstić information content (AvgIpc) is 2.67. The Morgan fingerprint density at radius 2 is 1.90 bits per heavy atom. The highest BCUT2D eigenvalue weighted by atomic mass is 79.9. The van der Waals surface area contributed by atoms with E-state index in [9.17, 15) is 22.8 Å². The molecule has 0 aliphatic rings. The van der Waals surface area contributed by atoms with Gasteiger partial charge < -0.3 is 11.1 Å². The van der Waals surface area contributed by atoms with Crippen molar-refractivity contribution in [1.29, 1.82) is 0 Å². The van der Waals surface area contributed by atoms with Crippen molar-refractivity contribution >= 4 is 27.5 Å². The molecular weight excluding hydrogens is 465 g/mol. The third-order valence-corrected chi connectivity index (χ3v) is 4.73. The van der Waals surface area contributed by atoms with E-state index in [0.29, 0.717) is 5.69 Å². The molecule has 3 rings (SSSR count). The number of hydrogen-bond acceptors (Lipinski definition) is 4. The van der Waals surface area contributed by atoms with Crippen LogP contribution >= 0.6 is 15.9 Å². The summed E-state index contributed by atoms with van der Waals surface area (Å²) in [6.45, 7) is 1.52. The van der Waals surface area contributed by atoms with Crippen LogP contribution in [0.5, 0.6) is 0 Å². The summed E-state index contributed by atoms with van der Waals surface area (Å²) in [6.07, 6.45) is -4.56. The van der Waals surface area contributed by atoms with Crippen molar-refractivity contribution in [2.24, 2.45) is 0 Å². The van der Waals surface area contributed by atoms with Crippen LogP contribution in [0.1, 0.15) is 34.6 Å². The number of amides is 1. The second-order valence-corrected chi connectivity index (χ2v) is 7.45. The summed E-state index contributed by atoms with van der Waals surface area (Å²) in [6, 6.07) is 11.6. The van der Waals surface area contributed by atoms with Crippen molar-refractivity contribution in [2.45, 2.75) is 19.1 Å². The molecule has 6 nitrogen and oxygen atoms in total. The quantitative estimate of drug-likeness (QED) is 0.550. The number of nitrogen functional groups attached to an aromatic ring is 1. The van der Waals surface area contributed by atoms with E-state index >= 15 is 0 Å². The lowest BCUT2D eigenvalue weighted by Gasteiger charge is -2.17. The molecule has 30 heavy (non-hydrogen) atoms. The molecule has 0 bridgehead atoms. The molecule has 3 aromatic rings. The fraction of sp³-hybridized carbons (Fsp3) is 0.150. The highest BCUT2D eigenvalue weighted by Crippen LogP contribution is 2.32. The number of alkyl halides is 3. The molecule has 3 N–H and O–H groups in total. The molecule has 10 heteroatoms. The van der Waals surface area contributed by atoms with Gasteiger partial charge in [0.2, 0.25) is 0 Å². The zero-order valence-electron chi connectivity index (χ0n) is 15.6. The maximum atomic E-state index is 13.0. The van der Waals surface area contributed by atoms with Gasteiger partial charge in [-0.3, -0.25) is 9.59 Å². The van der Waals surface area contributed by atoms with E-state index in [1.807, 2.05) is 0 Å². The molecule has 1 amide bonds. The van der Waals surface area contributed by atoms with Gasteiger partial charge in [-0.1, -0.05) is 22.0 Å². The first-order valence-corrected chi connectivity index (χ1v) is 9.49. The maximum Gasteiger partial charge on any atom is 0.416 e. The Balaban J connectivity index is 1.87. The summed E-state index contributed by atoms with van der Waals surface area (Å²) < 4.78 is 40.8. The van der Waals surface area contributed by atoms with E-state index in [-0.39, 0.29) is 16.9 Å². The van der Waals surface area contributed by atoms with Gasteiger partial charge in [-0.15, -0.1) is 0 Å². The first-order chi connectivity index (χ1) is 14.0. The van der Waals surface area contributed by atoms with Crippen LogP contribution in [0.4, 0.5) is 18.9 Å². The second kappa shape index (κ2) is 8.31. The van der Waals surface area contributed by atoms with E-state index in [2.05, 4.69) is 26.3 Å². The van der Waals surface area contributed by atoms with Gasteiger partial charge in [-0.25, -0.2) is 0 Å². The third-order valence-electron chi connectivity index (χ3n) is 4.24. The van der Waals surface area contributed by atoms with Crippen molar-refractivity contribution in [3.05, 3.63) is 86.2 Å². The fourth-order valence-electron chi connectivity index (χ4n) is 2.77. The molecular formula is C20H16BrF3N4O2.